The zero-order valence-corrected chi connectivity index (χ0v) is 26.6. The van der Waals surface area contributed by atoms with E-state index in [1.54, 1.807) is 55.4 Å². The maximum absolute atomic E-state index is 13.2. The Labute approximate surface area is 239 Å². The number of carbonyl (C=O) groups excluding carboxylic acids is 4. The molecule has 0 aliphatic carbocycles. The SMILES string of the molecule is CC(C(=O)OC(C)(C)C)=C(OC(=O)c1cccc(C(=O)OC(=C(C)C(=O)OC(C)(C)C)C(C)(C)C)c1)C(C)(C)C. The first-order valence-electron chi connectivity index (χ1n) is 13.3. The highest BCUT2D eigenvalue weighted by Gasteiger charge is 2.32. The van der Waals surface area contributed by atoms with Crippen LogP contribution in [0.2, 0.25) is 0 Å². The summed E-state index contributed by atoms with van der Waals surface area (Å²) < 4.78 is 22.3. The van der Waals surface area contributed by atoms with Gasteiger partial charge in [0.1, 0.15) is 22.7 Å². The van der Waals surface area contributed by atoms with Gasteiger partial charge in [0.2, 0.25) is 0 Å². The summed E-state index contributed by atoms with van der Waals surface area (Å²) in [7, 11) is 0. The molecule has 0 atom stereocenters. The van der Waals surface area contributed by atoms with E-state index < -0.39 is 45.9 Å². The number of rotatable bonds is 6. The molecule has 0 heterocycles. The van der Waals surface area contributed by atoms with Gasteiger partial charge in [-0.3, -0.25) is 0 Å². The molecule has 0 aliphatic heterocycles. The van der Waals surface area contributed by atoms with Crippen LogP contribution in [0.15, 0.2) is 46.9 Å². The molecule has 0 unspecified atom stereocenters. The van der Waals surface area contributed by atoms with E-state index in [1.165, 1.54) is 24.3 Å². The molecule has 0 aliphatic rings. The van der Waals surface area contributed by atoms with Crippen molar-refractivity contribution in [3.05, 3.63) is 58.1 Å². The van der Waals surface area contributed by atoms with Crippen LogP contribution in [-0.4, -0.2) is 35.1 Å². The predicted octanol–water partition coefficient (Wildman–Crippen LogP) is 7.32. The van der Waals surface area contributed by atoms with Gasteiger partial charge in [-0.1, -0.05) is 47.6 Å². The lowest BCUT2D eigenvalue weighted by Gasteiger charge is -2.26. The second-order valence-corrected chi connectivity index (χ2v) is 13.8. The van der Waals surface area contributed by atoms with Crippen molar-refractivity contribution < 1.29 is 38.1 Å². The lowest BCUT2D eigenvalue weighted by molar-refractivity contribution is -0.151. The Hall–Kier alpha value is -3.42. The van der Waals surface area contributed by atoms with E-state index in [0.29, 0.717) is 0 Å². The Kier molecular flexibility index (Phi) is 10.7. The topological polar surface area (TPSA) is 105 Å². The number of carbonyl (C=O) groups is 4. The van der Waals surface area contributed by atoms with Gasteiger partial charge in [-0.25, -0.2) is 19.2 Å². The first-order valence-corrected chi connectivity index (χ1v) is 13.3. The fourth-order valence-electron chi connectivity index (χ4n) is 3.56. The quantitative estimate of drug-likeness (QED) is 0.155. The third kappa shape index (κ3) is 10.6. The van der Waals surface area contributed by atoms with E-state index in [0.717, 1.165) is 0 Å². The predicted molar refractivity (Wildman–Crippen MR) is 153 cm³/mol. The van der Waals surface area contributed by atoms with Crippen molar-refractivity contribution in [2.75, 3.05) is 0 Å². The molecule has 0 aromatic heterocycles. The van der Waals surface area contributed by atoms with Gasteiger partial charge < -0.3 is 18.9 Å². The molecule has 0 bridgehead atoms. The van der Waals surface area contributed by atoms with Crippen LogP contribution in [0.25, 0.3) is 0 Å². The summed E-state index contributed by atoms with van der Waals surface area (Å²) in [6.45, 7) is 24.5. The van der Waals surface area contributed by atoms with E-state index in [4.69, 9.17) is 18.9 Å². The second kappa shape index (κ2) is 12.4. The molecule has 0 fully saturated rings. The third-order valence-corrected chi connectivity index (χ3v) is 5.18. The summed E-state index contributed by atoms with van der Waals surface area (Å²) in [6.07, 6.45) is 0. The van der Waals surface area contributed by atoms with Crippen LogP contribution in [0.3, 0.4) is 0 Å². The molecule has 0 N–H and O–H groups in total. The highest BCUT2D eigenvalue weighted by atomic mass is 16.6. The van der Waals surface area contributed by atoms with E-state index in [-0.39, 0.29) is 33.8 Å². The Balaban J connectivity index is 3.37. The van der Waals surface area contributed by atoms with Crippen molar-refractivity contribution in [1.29, 1.82) is 0 Å². The van der Waals surface area contributed by atoms with Crippen molar-refractivity contribution in [3.8, 4) is 0 Å². The number of hydrogen-bond acceptors (Lipinski definition) is 8. The molecule has 40 heavy (non-hydrogen) atoms. The monoisotopic (exact) mass is 558 g/mol. The molecular formula is C32H46O8. The van der Waals surface area contributed by atoms with Crippen molar-refractivity contribution >= 4 is 23.9 Å². The van der Waals surface area contributed by atoms with E-state index in [1.807, 2.05) is 41.5 Å². The van der Waals surface area contributed by atoms with Crippen LogP contribution in [0.5, 0.6) is 0 Å². The molecule has 1 aromatic rings. The van der Waals surface area contributed by atoms with E-state index in [2.05, 4.69) is 0 Å². The highest BCUT2D eigenvalue weighted by Crippen LogP contribution is 2.33. The van der Waals surface area contributed by atoms with Crippen molar-refractivity contribution in [2.45, 2.75) is 108 Å². The standard InChI is InChI=1S/C32H46O8/c1-19(25(33)39-31(9,10)11)23(29(3,4)5)37-27(35)21-16-15-17-22(18-21)28(36)38-24(30(6,7)8)20(2)26(34)40-32(12,13)14/h15-18H,1-14H3. The van der Waals surface area contributed by atoms with Gasteiger partial charge in [0.05, 0.1) is 22.3 Å². The minimum absolute atomic E-state index is 0.0818. The zero-order valence-electron chi connectivity index (χ0n) is 26.6. The zero-order chi connectivity index (χ0) is 31.4. The second-order valence-electron chi connectivity index (χ2n) is 13.8. The molecule has 8 heteroatoms. The molecule has 1 aromatic carbocycles. The normalized spacial score (nSPS) is 13.9. The van der Waals surface area contributed by atoms with Gasteiger partial charge in [-0.05, 0) is 73.6 Å². The van der Waals surface area contributed by atoms with Gasteiger partial charge in [0.15, 0.2) is 0 Å². The smallest absolute Gasteiger partial charge is 0.343 e. The molecular weight excluding hydrogens is 512 g/mol. The summed E-state index contributed by atoms with van der Waals surface area (Å²) in [5.74, 6) is -2.37. The Bertz CT molecular complexity index is 1110. The van der Waals surface area contributed by atoms with Crippen LogP contribution in [-0.2, 0) is 28.5 Å². The molecule has 1 rings (SSSR count). The maximum Gasteiger partial charge on any atom is 0.343 e. The van der Waals surface area contributed by atoms with Crippen LogP contribution in [0.4, 0.5) is 0 Å². The molecule has 0 saturated carbocycles. The van der Waals surface area contributed by atoms with Gasteiger partial charge in [0.25, 0.3) is 0 Å². The molecule has 0 radical (unpaired) electrons. The van der Waals surface area contributed by atoms with Gasteiger partial charge in [0, 0.05) is 10.8 Å². The Morgan fingerprint density at radius 2 is 0.850 bits per heavy atom. The van der Waals surface area contributed by atoms with Gasteiger partial charge in [-0.2, -0.15) is 0 Å². The molecule has 222 valence electrons. The maximum atomic E-state index is 13.2. The summed E-state index contributed by atoms with van der Waals surface area (Å²) in [6, 6.07) is 5.86. The van der Waals surface area contributed by atoms with Crippen molar-refractivity contribution in [2.24, 2.45) is 10.8 Å². The molecule has 0 amide bonds. The van der Waals surface area contributed by atoms with Gasteiger partial charge in [-0.15, -0.1) is 0 Å². The number of esters is 4. The van der Waals surface area contributed by atoms with Crippen molar-refractivity contribution in [1.82, 2.24) is 0 Å². The first-order chi connectivity index (χ1) is 17.8. The molecule has 0 saturated heterocycles. The van der Waals surface area contributed by atoms with E-state index >= 15 is 0 Å². The molecule has 0 spiro atoms. The van der Waals surface area contributed by atoms with Crippen LogP contribution >= 0.6 is 0 Å². The Morgan fingerprint density at radius 3 is 1.10 bits per heavy atom. The summed E-state index contributed by atoms with van der Waals surface area (Å²) in [5, 5.41) is 0. The highest BCUT2D eigenvalue weighted by molar-refractivity contribution is 5.97. The first kappa shape index (κ1) is 34.6. The fraction of sp³-hybridized carbons (Fsp3) is 0.562. The van der Waals surface area contributed by atoms with E-state index in [9.17, 15) is 19.2 Å². The van der Waals surface area contributed by atoms with Crippen LogP contribution < -0.4 is 0 Å². The van der Waals surface area contributed by atoms with Gasteiger partial charge >= 0.3 is 23.9 Å². The van der Waals surface area contributed by atoms with Crippen LogP contribution in [0, 0.1) is 10.8 Å². The lowest BCUT2D eigenvalue weighted by atomic mass is 9.90. The fourth-order valence-corrected chi connectivity index (χ4v) is 3.56. The number of allylic oxidation sites excluding steroid dienone is 2. The summed E-state index contributed by atoms with van der Waals surface area (Å²) >= 11 is 0. The number of ether oxygens (including phenoxy) is 4. The van der Waals surface area contributed by atoms with Crippen molar-refractivity contribution in [3.63, 3.8) is 0 Å². The average molecular weight is 559 g/mol. The average Bonchev–Trinajstić information content (AvgIpc) is 2.76. The third-order valence-electron chi connectivity index (χ3n) is 5.18. The minimum Gasteiger partial charge on any atom is -0.457 e. The number of benzene rings is 1. The van der Waals surface area contributed by atoms with Crippen LogP contribution in [0.1, 0.15) is 118 Å². The number of hydrogen-bond donors (Lipinski definition) is 0. The summed E-state index contributed by atoms with van der Waals surface area (Å²) in [5.41, 5.74) is -2.33. The largest absolute Gasteiger partial charge is 0.457 e. The minimum atomic E-state index is -0.751. The molecule has 8 nitrogen and oxygen atoms in total. The lowest BCUT2D eigenvalue weighted by Crippen LogP contribution is -2.27. The Morgan fingerprint density at radius 1 is 0.550 bits per heavy atom. The summed E-state index contributed by atoms with van der Waals surface area (Å²) in [4.78, 5) is 51.7.